The molecular weight excluding hydrogens is 899 g/mol. The van der Waals surface area contributed by atoms with Gasteiger partial charge in [-0.1, -0.05) is 254 Å². The van der Waals surface area contributed by atoms with Crippen molar-refractivity contribution in [1.82, 2.24) is 0 Å². The van der Waals surface area contributed by atoms with Gasteiger partial charge in [-0.2, -0.15) is 0 Å². The number of carboxylic acids is 1. The zero-order valence-corrected chi connectivity index (χ0v) is 47.5. The largest absolute Gasteiger partial charge is 0.545 e. The molecule has 0 aromatic heterocycles. The van der Waals surface area contributed by atoms with Gasteiger partial charge in [-0.3, -0.25) is 9.59 Å². The maximum Gasteiger partial charge on any atom is 0.306 e. The summed E-state index contributed by atoms with van der Waals surface area (Å²) in [6.07, 6.45) is 65.8. The number of rotatable bonds is 55. The van der Waals surface area contributed by atoms with Gasteiger partial charge in [0.2, 0.25) is 0 Å². The number of unbranched alkanes of at least 4 members (excludes halogenated alkanes) is 30. The molecule has 0 amide bonds. The molecule has 0 fully saturated rings. The number of esters is 2. The predicted molar refractivity (Wildman–Crippen MR) is 302 cm³/mol. The Hall–Kier alpha value is -3.01. The molecule has 0 aliphatic carbocycles. The number of aliphatic carboxylic acids is 1. The Morgan fingerprint density at radius 3 is 1.18 bits per heavy atom. The van der Waals surface area contributed by atoms with Crippen molar-refractivity contribution in [1.29, 1.82) is 0 Å². The van der Waals surface area contributed by atoms with E-state index >= 15 is 0 Å². The maximum absolute atomic E-state index is 12.8. The van der Waals surface area contributed by atoms with Gasteiger partial charge in [0.05, 0.1) is 40.3 Å². The molecular formula is C63H113NO8. The van der Waals surface area contributed by atoms with E-state index in [1.807, 2.05) is 21.1 Å². The molecule has 0 rings (SSSR count). The van der Waals surface area contributed by atoms with Crippen molar-refractivity contribution >= 4 is 17.9 Å². The van der Waals surface area contributed by atoms with Crippen LogP contribution < -0.4 is 5.11 Å². The van der Waals surface area contributed by atoms with Gasteiger partial charge in [0.1, 0.15) is 13.2 Å². The lowest BCUT2D eigenvalue weighted by Gasteiger charge is -2.26. The number of allylic oxidation sites excluding steroid dienone is 10. The van der Waals surface area contributed by atoms with Gasteiger partial charge in [-0.15, -0.1) is 0 Å². The van der Waals surface area contributed by atoms with E-state index in [-0.39, 0.29) is 32.2 Å². The zero-order chi connectivity index (χ0) is 52.7. The first kappa shape index (κ1) is 69.0. The number of quaternary nitrogens is 1. The Balaban J connectivity index is 4.02. The molecule has 0 aliphatic heterocycles. The van der Waals surface area contributed by atoms with Crippen LogP contribution in [-0.2, 0) is 33.3 Å². The highest BCUT2D eigenvalue weighted by Gasteiger charge is 2.22. The lowest BCUT2D eigenvalue weighted by molar-refractivity contribution is -0.870. The summed E-state index contributed by atoms with van der Waals surface area (Å²) in [5.41, 5.74) is 0. The first-order chi connectivity index (χ1) is 35.1. The van der Waals surface area contributed by atoms with Crippen LogP contribution in [0.15, 0.2) is 60.8 Å². The molecule has 2 unspecified atom stereocenters. The van der Waals surface area contributed by atoms with E-state index in [0.717, 1.165) is 64.2 Å². The molecule has 0 aromatic carbocycles. The molecule has 0 aliphatic rings. The molecule has 0 saturated heterocycles. The van der Waals surface area contributed by atoms with E-state index in [1.54, 1.807) is 0 Å². The molecule has 0 aromatic rings. The van der Waals surface area contributed by atoms with Gasteiger partial charge < -0.3 is 33.3 Å². The Labute approximate surface area is 444 Å². The van der Waals surface area contributed by atoms with Crippen LogP contribution in [0, 0.1) is 0 Å². The number of carbonyl (C=O) groups excluding carboxylic acids is 3. The summed E-state index contributed by atoms with van der Waals surface area (Å²) in [5.74, 6) is -2.27. The topological polar surface area (TPSA) is 111 Å². The van der Waals surface area contributed by atoms with E-state index in [2.05, 4.69) is 74.6 Å². The van der Waals surface area contributed by atoms with Gasteiger partial charge >= 0.3 is 11.9 Å². The quantitative estimate of drug-likeness (QED) is 0.0195. The first-order valence-corrected chi connectivity index (χ1v) is 29.9. The first-order valence-electron chi connectivity index (χ1n) is 29.9. The van der Waals surface area contributed by atoms with E-state index in [9.17, 15) is 19.5 Å². The molecule has 2 atom stereocenters. The van der Waals surface area contributed by atoms with Crippen LogP contribution in [0.1, 0.15) is 264 Å². The van der Waals surface area contributed by atoms with Crippen molar-refractivity contribution in [2.24, 2.45) is 0 Å². The summed E-state index contributed by atoms with van der Waals surface area (Å²) < 4.78 is 22.7. The van der Waals surface area contributed by atoms with Gasteiger partial charge in [0.15, 0.2) is 12.4 Å². The highest BCUT2D eigenvalue weighted by atomic mass is 16.7. The van der Waals surface area contributed by atoms with Crippen molar-refractivity contribution in [2.75, 3.05) is 47.5 Å². The molecule has 0 N–H and O–H groups in total. The molecule has 0 bridgehead atoms. The van der Waals surface area contributed by atoms with E-state index < -0.39 is 24.3 Å². The second-order valence-corrected chi connectivity index (χ2v) is 21.3. The molecule has 9 heteroatoms. The van der Waals surface area contributed by atoms with Gasteiger partial charge in [-0.25, -0.2) is 0 Å². The minimum atomic E-state index is -1.62. The van der Waals surface area contributed by atoms with E-state index in [4.69, 9.17) is 18.9 Å². The van der Waals surface area contributed by atoms with Crippen LogP contribution >= 0.6 is 0 Å². The van der Waals surface area contributed by atoms with Crippen LogP contribution in [0.25, 0.3) is 0 Å². The number of likely N-dealkylation sites (N-methyl/N-ethyl adjacent to an activating group) is 1. The average molecular weight is 1010 g/mol. The van der Waals surface area contributed by atoms with E-state index in [0.29, 0.717) is 23.9 Å². The normalized spacial score (nSPS) is 13.2. The summed E-state index contributed by atoms with van der Waals surface area (Å²) in [4.78, 5) is 37.2. The number of hydrogen-bond acceptors (Lipinski definition) is 8. The van der Waals surface area contributed by atoms with Gasteiger partial charge in [-0.05, 0) is 57.8 Å². The van der Waals surface area contributed by atoms with E-state index in [1.165, 1.54) is 167 Å². The predicted octanol–water partition coefficient (Wildman–Crippen LogP) is 16.3. The van der Waals surface area contributed by atoms with Gasteiger partial charge in [0.25, 0.3) is 0 Å². The van der Waals surface area contributed by atoms with Crippen LogP contribution in [0.5, 0.6) is 0 Å². The lowest BCUT2D eigenvalue weighted by Crippen LogP contribution is -2.44. The molecule has 9 nitrogen and oxygen atoms in total. The maximum atomic E-state index is 12.8. The van der Waals surface area contributed by atoms with Crippen LogP contribution in [0.3, 0.4) is 0 Å². The Morgan fingerprint density at radius 1 is 0.431 bits per heavy atom. The molecule has 418 valence electrons. The number of hydrogen-bond donors (Lipinski definition) is 0. The summed E-state index contributed by atoms with van der Waals surface area (Å²) >= 11 is 0. The zero-order valence-electron chi connectivity index (χ0n) is 47.5. The number of carboxylic acid groups (broad SMARTS) is 1. The summed E-state index contributed by atoms with van der Waals surface area (Å²) in [5, 5.41) is 11.7. The van der Waals surface area contributed by atoms with Crippen molar-refractivity contribution in [2.45, 2.75) is 277 Å². The summed E-state index contributed by atoms with van der Waals surface area (Å²) in [6, 6.07) is 0. The summed E-state index contributed by atoms with van der Waals surface area (Å²) in [6.45, 7) is 4.65. The van der Waals surface area contributed by atoms with Crippen LogP contribution in [-0.4, -0.2) is 82.3 Å². The Morgan fingerprint density at radius 2 is 0.792 bits per heavy atom. The van der Waals surface area contributed by atoms with Gasteiger partial charge in [0, 0.05) is 12.8 Å². The number of ether oxygens (including phenoxy) is 4. The Kier molecular flexibility index (Phi) is 52.0. The second kappa shape index (κ2) is 54.3. The monoisotopic (exact) mass is 1010 g/mol. The third-order valence-corrected chi connectivity index (χ3v) is 13.0. The van der Waals surface area contributed by atoms with Crippen molar-refractivity contribution in [3.05, 3.63) is 60.8 Å². The summed E-state index contributed by atoms with van der Waals surface area (Å²) in [7, 11) is 5.92. The smallest absolute Gasteiger partial charge is 0.306 e. The van der Waals surface area contributed by atoms with Crippen molar-refractivity contribution in [3.8, 4) is 0 Å². The highest BCUT2D eigenvalue weighted by Crippen LogP contribution is 2.17. The number of carbonyl (C=O) groups is 3. The molecule has 0 spiro atoms. The minimum Gasteiger partial charge on any atom is -0.545 e. The average Bonchev–Trinajstić information content (AvgIpc) is 3.35. The highest BCUT2D eigenvalue weighted by molar-refractivity contribution is 5.70. The molecule has 72 heavy (non-hydrogen) atoms. The van der Waals surface area contributed by atoms with Crippen LogP contribution in [0.4, 0.5) is 0 Å². The lowest BCUT2D eigenvalue weighted by atomic mass is 10.0. The SMILES string of the molecule is CC/C=C\C/C=C\C/C=C\C/C=C\C/C=C\CCCCCCCCCCCCCCCCCCCCCC(=O)OC(COC(=O)CCCCCCCCCCCCCC)COC(OCC[N+](C)(C)C)C(=O)[O-]. The molecule has 0 heterocycles. The molecule has 0 radical (unpaired) electrons. The Bertz CT molecular complexity index is 1360. The second-order valence-electron chi connectivity index (χ2n) is 21.3. The third-order valence-electron chi connectivity index (χ3n) is 13.0. The fraction of sp³-hybridized carbons (Fsp3) is 0.794. The standard InChI is InChI=1S/C63H113NO8/c1-6-8-10-12-14-16-18-20-21-22-23-24-25-26-27-28-29-30-31-32-33-34-35-36-37-38-39-40-41-42-44-46-48-50-52-54-61(66)72-59(58-71-63(62(67)68)69-56-55-64(3,4)5)57-70-60(65)53-51-49-47-45-43-19-17-15-13-11-9-7-2/h8,10,14,16,20-21,23-24,26-27,59,63H,6-7,9,11-13,15,17-19,22,25,28-58H2,1-5H3/b10-8-,16-14-,21-20-,24-23-,27-26-. The van der Waals surface area contributed by atoms with Crippen LogP contribution in [0.2, 0.25) is 0 Å². The molecule has 0 saturated carbocycles. The van der Waals surface area contributed by atoms with Crippen molar-refractivity contribution in [3.63, 3.8) is 0 Å². The fourth-order valence-electron chi connectivity index (χ4n) is 8.45. The third kappa shape index (κ3) is 54.8. The fourth-order valence-corrected chi connectivity index (χ4v) is 8.45. The minimum absolute atomic E-state index is 0.149. The van der Waals surface area contributed by atoms with Crippen molar-refractivity contribution < 1.29 is 42.9 Å². The number of nitrogens with zero attached hydrogens (tertiary/aromatic N) is 1.